The molecule has 3 rings (SSSR count). The van der Waals surface area contributed by atoms with E-state index in [0.29, 0.717) is 42.1 Å². The molecule has 3 heterocycles. The van der Waals surface area contributed by atoms with Gasteiger partial charge >= 0.3 is 6.09 Å². The van der Waals surface area contributed by atoms with Crippen molar-refractivity contribution in [1.29, 1.82) is 0 Å². The predicted molar refractivity (Wildman–Crippen MR) is 137 cm³/mol. The Bertz CT molecular complexity index is 938. The van der Waals surface area contributed by atoms with Crippen molar-refractivity contribution in [1.82, 2.24) is 20.1 Å². The van der Waals surface area contributed by atoms with Gasteiger partial charge in [0, 0.05) is 31.7 Å². The minimum atomic E-state index is -0.231. The summed E-state index contributed by atoms with van der Waals surface area (Å²) in [5.41, 5.74) is 3.22. The molecule has 1 aliphatic heterocycles. The van der Waals surface area contributed by atoms with Gasteiger partial charge in [0.15, 0.2) is 0 Å². The minimum Gasteiger partial charge on any atom is -0.450 e. The van der Waals surface area contributed by atoms with Crippen LogP contribution >= 0.6 is 22.9 Å². The maximum atomic E-state index is 12.7. The number of aromatic nitrogens is 1. The minimum absolute atomic E-state index is 0.108. The Kier molecular flexibility index (Phi) is 9.74. The van der Waals surface area contributed by atoms with Gasteiger partial charge in [-0.05, 0) is 81.0 Å². The molecule has 1 unspecified atom stereocenters. The fourth-order valence-corrected chi connectivity index (χ4v) is 5.51. The number of rotatable bonds is 9. The van der Waals surface area contributed by atoms with Crippen LogP contribution in [0.25, 0.3) is 0 Å². The summed E-state index contributed by atoms with van der Waals surface area (Å²) < 4.78 is 5.34. The number of amides is 2. The molecular formula is C25H35ClN4O3S. The van der Waals surface area contributed by atoms with Crippen molar-refractivity contribution in [3.63, 3.8) is 0 Å². The van der Waals surface area contributed by atoms with Crippen LogP contribution in [0.15, 0.2) is 22.9 Å². The molecule has 0 saturated carbocycles. The molecule has 0 bridgehead atoms. The average Bonchev–Trinajstić information content (AvgIpc) is 3.30. The number of ether oxygens (including phenoxy) is 1. The van der Waals surface area contributed by atoms with Crippen molar-refractivity contribution < 1.29 is 14.3 Å². The van der Waals surface area contributed by atoms with E-state index in [1.54, 1.807) is 24.3 Å². The van der Waals surface area contributed by atoms with Crippen molar-refractivity contribution in [2.45, 2.75) is 65.6 Å². The largest absolute Gasteiger partial charge is 0.450 e. The Balaban J connectivity index is 1.48. The highest BCUT2D eigenvalue weighted by atomic mass is 35.5. The summed E-state index contributed by atoms with van der Waals surface area (Å²) in [5.74, 6) is -0.108. The third kappa shape index (κ3) is 6.93. The van der Waals surface area contributed by atoms with Gasteiger partial charge < -0.3 is 19.9 Å². The monoisotopic (exact) mass is 506 g/mol. The molecule has 0 radical (unpaired) electrons. The highest BCUT2D eigenvalue weighted by molar-refractivity contribution is 7.07. The third-order valence-corrected chi connectivity index (χ3v) is 7.37. The molecule has 0 aliphatic carbocycles. The molecule has 186 valence electrons. The molecule has 7 nitrogen and oxygen atoms in total. The average molecular weight is 507 g/mol. The van der Waals surface area contributed by atoms with Crippen molar-refractivity contribution in [3.05, 3.63) is 50.4 Å². The topological polar surface area (TPSA) is 74.8 Å². The second-order valence-electron chi connectivity index (χ2n) is 8.84. The van der Waals surface area contributed by atoms with Crippen LogP contribution < -0.4 is 5.32 Å². The zero-order valence-corrected chi connectivity index (χ0v) is 22.0. The number of hydrogen-bond acceptors (Lipinski definition) is 6. The van der Waals surface area contributed by atoms with Crippen LogP contribution in [0, 0.1) is 13.8 Å². The van der Waals surface area contributed by atoms with Crippen LogP contribution in [0.1, 0.15) is 60.3 Å². The second kappa shape index (κ2) is 12.5. The zero-order chi connectivity index (χ0) is 24.7. The second-order valence-corrected chi connectivity index (χ2v) is 10.0. The van der Waals surface area contributed by atoms with Crippen molar-refractivity contribution >= 4 is 34.9 Å². The Morgan fingerprint density at radius 1 is 1.35 bits per heavy atom. The first-order valence-electron chi connectivity index (χ1n) is 11.9. The van der Waals surface area contributed by atoms with Crippen LogP contribution in [0.3, 0.4) is 0 Å². The van der Waals surface area contributed by atoms with Crippen LogP contribution in [0.2, 0.25) is 5.15 Å². The van der Waals surface area contributed by atoms with Gasteiger partial charge in [0.2, 0.25) is 0 Å². The van der Waals surface area contributed by atoms with Gasteiger partial charge in [-0.3, -0.25) is 4.79 Å². The van der Waals surface area contributed by atoms with Crippen LogP contribution in [0.4, 0.5) is 4.79 Å². The van der Waals surface area contributed by atoms with E-state index >= 15 is 0 Å². The molecule has 0 aromatic carbocycles. The van der Waals surface area contributed by atoms with E-state index < -0.39 is 0 Å². The molecule has 2 aromatic rings. The van der Waals surface area contributed by atoms with Crippen LogP contribution in [0.5, 0.6) is 0 Å². The van der Waals surface area contributed by atoms with Crippen molar-refractivity contribution in [2.75, 3.05) is 26.2 Å². The highest BCUT2D eigenvalue weighted by Gasteiger charge is 2.30. The number of likely N-dealkylation sites (tertiary alicyclic amines) is 1. The Morgan fingerprint density at radius 3 is 2.71 bits per heavy atom. The number of pyridine rings is 1. The first-order valence-corrected chi connectivity index (χ1v) is 13.2. The number of hydrogen-bond donors (Lipinski definition) is 1. The number of nitrogens with one attached hydrogen (secondary N) is 1. The van der Waals surface area contributed by atoms with E-state index in [2.05, 4.69) is 33.6 Å². The van der Waals surface area contributed by atoms with Gasteiger partial charge in [-0.15, -0.1) is 0 Å². The number of aryl methyl sites for hydroxylation is 2. The smallest absolute Gasteiger partial charge is 0.410 e. The summed E-state index contributed by atoms with van der Waals surface area (Å²) in [5, 5.41) is 7.56. The summed E-state index contributed by atoms with van der Waals surface area (Å²) in [6.07, 6.45) is 2.44. The Morgan fingerprint density at radius 2 is 2.09 bits per heavy atom. The molecule has 2 amide bonds. The molecule has 1 atom stereocenters. The zero-order valence-electron chi connectivity index (χ0n) is 20.5. The predicted octanol–water partition coefficient (Wildman–Crippen LogP) is 5.04. The molecule has 1 N–H and O–H groups in total. The number of halogens is 1. The van der Waals surface area contributed by atoms with E-state index in [9.17, 15) is 9.59 Å². The number of nitrogens with zero attached hydrogens (tertiary/aromatic N) is 3. The molecule has 1 saturated heterocycles. The van der Waals surface area contributed by atoms with E-state index in [1.165, 1.54) is 0 Å². The summed E-state index contributed by atoms with van der Waals surface area (Å²) in [6, 6.07) is 4.28. The van der Waals surface area contributed by atoms with Gasteiger partial charge in [-0.2, -0.15) is 11.3 Å². The lowest BCUT2D eigenvalue weighted by molar-refractivity contribution is 0.0561. The fourth-order valence-electron chi connectivity index (χ4n) is 4.56. The number of carbonyl (C=O) groups excluding carboxylic acids is 2. The van der Waals surface area contributed by atoms with Gasteiger partial charge in [0.1, 0.15) is 5.15 Å². The van der Waals surface area contributed by atoms with Gasteiger partial charge in [-0.25, -0.2) is 9.78 Å². The summed E-state index contributed by atoms with van der Waals surface area (Å²) in [7, 11) is 0. The fraction of sp³-hybridized carbons (Fsp3) is 0.560. The number of carbonyl (C=O) groups is 2. The van der Waals surface area contributed by atoms with E-state index in [0.717, 1.165) is 43.5 Å². The summed E-state index contributed by atoms with van der Waals surface area (Å²) in [4.78, 5) is 33.8. The van der Waals surface area contributed by atoms with Gasteiger partial charge in [0.25, 0.3) is 5.91 Å². The first-order chi connectivity index (χ1) is 16.3. The van der Waals surface area contributed by atoms with Crippen LogP contribution in [-0.4, -0.2) is 65.1 Å². The molecule has 1 aliphatic rings. The van der Waals surface area contributed by atoms with Gasteiger partial charge in [0.05, 0.1) is 24.4 Å². The highest BCUT2D eigenvalue weighted by Crippen LogP contribution is 2.23. The van der Waals surface area contributed by atoms with Gasteiger partial charge in [-0.1, -0.05) is 11.6 Å². The Hall–Kier alpha value is -2.16. The molecule has 1 fully saturated rings. The van der Waals surface area contributed by atoms with E-state index in [-0.39, 0.29) is 18.0 Å². The quantitative estimate of drug-likeness (QED) is 0.482. The lowest BCUT2D eigenvalue weighted by Crippen LogP contribution is -2.49. The van der Waals surface area contributed by atoms with Crippen molar-refractivity contribution in [2.24, 2.45) is 0 Å². The summed E-state index contributed by atoms with van der Waals surface area (Å²) in [6.45, 7) is 11.1. The van der Waals surface area contributed by atoms with E-state index in [1.807, 2.05) is 24.1 Å². The first kappa shape index (κ1) is 26.4. The third-order valence-electron chi connectivity index (χ3n) is 6.44. The standard InChI is InChI=1S/C25H35ClN4O3S/c1-5-33-25(32)30(15-20-9-13-34-16-20)21-7-11-29(12-8-21)18(3)6-10-27-24(31)23-17(2)14-22(26)28-19(23)4/h9,13-14,16,18,21H,5-8,10-12,15H2,1-4H3,(H,27,31). The normalized spacial score (nSPS) is 15.7. The number of thiophene rings is 1. The lowest BCUT2D eigenvalue weighted by atomic mass is 10.0. The maximum absolute atomic E-state index is 12.7. The van der Waals surface area contributed by atoms with E-state index in [4.69, 9.17) is 16.3 Å². The molecule has 9 heteroatoms. The molecule has 2 aromatic heterocycles. The molecule has 34 heavy (non-hydrogen) atoms. The lowest BCUT2D eigenvalue weighted by Gasteiger charge is -2.40. The summed E-state index contributed by atoms with van der Waals surface area (Å²) >= 11 is 7.62. The molecular weight excluding hydrogens is 472 g/mol. The maximum Gasteiger partial charge on any atom is 0.410 e. The SMILES string of the molecule is CCOC(=O)N(Cc1ccsc1)C1CCN(C(C)CCNC(=O)c2c(C)cc(Cl)nc2C)CC1. The van der Waals surface area contributed by atoms with Crippen LogP contribution in [-0.2, 0) is 11.3 Å². The Labute approximate surface area is 211 Å². The van der Waals surface area contributed by atoms with Crippen molar-refractivity contribution in [3.8, 4) is 0 Å². The molecule has 0 spiro atoms. The number of piperidine rings is 1.